The summed E-state index contributed by atoms with van der Waals surface area (Å²) in [6.45, 7) is 2.61. The lowest BCUT2D eigenvalue weighted by Crippen LogP contribution is -2.28. The van der Waals surface area contributed by atoms with Crippen molar-refractivity contribution in [3.8, 4) is 5.75 Å². The molecule has 6 heteroatoms. The molecule has 0 saturated carbocycles. The summed E-state index contributed by atoms with van der Waals surface area (Å²) < 4.78 is 5.42. The number of nitrogens with one attached hydrogen (secondary N) is 1. The second-order valence-corrected chi connectivity index (χ2v) is 6.84. The highest BCUT2D eigenvalue weighted by Crippen LogP contribution is 2.27. The van der Waals surface area contributed by atoms with Crippen molar-refractivity contribution in [2.45, 2.75) is 19.4 Å². The zero-order valence-electron chi connectivity index (χ0n) is 13.8. The summed E-state index contributed by atoms with van der Waals surface area (Å²) in [6, 6.07) is 13.2. The van der Waals surface area contributed by atoms with Gasteiger partial charge in [-0.2, -0.15) is 0 Å². The maximum Gasteiger partial charge on any atom is 0.258 e. The first-order valence-corrected chi connectivity index (χ1v) is 9.06. The lowest BCUT2D eigenvalue weighted by molar-refractivity contribution is -0.123. The zero-order chi connectivity index (χ0) is 17.6. The molecule has 1 aliphatic rings. The van der Waals surface area contributed by atoms with Crippen LogP contribution in [-0.2, 0) is 11.3 Å². The van der Waals surface area contributed by atoms with Crippen molar-refractivity contribution in [1.82, 2.24) is 5.32 Å². The smallest absolute Gasteiger partial charge is 0.258 e. The van der Waals surface area contributed by atoms with Crippen LogP contribution >= 0.6 is 23.2 Å². The van der Waals surface area contributed by atoms with Crippen LogP contribution < -0.4 is 15.0 Å². The van der Waals surface area contributed by atoms with Crippen LogP contribution in [0.3, 0.4) is 0 Å². The molecule has 132 valence electrons. The number of halogens is 2. The zero-order valence-corrected chi connectivity index (χ0v) is 15.3. The molecule has 0 spiro atoms. The molecule has 1 saturated heterocycles. The number of amides is 1. The summed E-state index contributed by atoms with van der Waals surface area (Å²) in [5.41, 5.74) is 2.29. The van der Waals surface area contributed by atoms with Crippen LogP contribution in [0.5, 0.6) is 5.75 Å². The molecule has 0 aliphatic carbocycles. The number of carbonyl (C=O) groups is 1. The van der Waals surface area contributed by atoms with E-state index < -0.39 is 0 Å². The highest BCUT2D eigenvalue weighted by molar-refractivity contribution is 6.34. The summed E-state index contributed by atoms with van der Waals surface area (Å²) in [7, 11) is 0. The van der Waals surface area contributed by atoms with E-state index >= 15 is 0 Å². The van der Waals surface area contributed by atoms with Gasteiger partial charge in [-0.1, -0.05) is 35.3 Å². The van der Waals surface area contributed by atoms with Crippen LogP contribution in [-0.4, -0.2) is 25.6 Å². The van der Waals surface area contributed by atoms with E-state index in [1.165, 1.54) is 18.5 Å². The molecule has 0 bridgehead atoms. The monoisotopic (exact) mass is 378 g/mol. The fraction of sp³-hybridized carbons (Fsp3) is 0.316. The SMILES string of the molecule is O=C(COc1cc(Cl)ccc1Cl)NCc1ccc(N2CCCC2)cc1. The molecule has 3 rings (SSSR count). The molecule has 1 fully saturated rings. The van der Waals surface area contributed by atoms with Gasteiger partial charge in [0.15, 0.2) is 6.61 Å². The average molecular weight is 379 g/mol. The number of anilines is 1. The van der Waals surface area contributed by atoms with Crippen LogP contribution in [0.25, 0.3) is 0 Å². The van der Waals surface area contributed by atoms with E-state index in [2.05, 4.69) is 22.3 Å². The summed E-state index contributed by atoms with van der Waals surface area (Å²) >= 11 is 11.9. The summed E-state index contributed by atoms with van der Waals surface area (Å²) in [4.78, 5) is 14.3. The number of nitrogens with zero attached hydrogens (tertiary/aromatic N) is 1. The van der Waals surface area contributed by atoms with Crippen molar-refractivity contribution >= 4 is 34.8 Å². The van der Waals surface area contributed by atoms with Gasteiger partial charge in [0.1, 0.15) is 5.75 Å². The molecule has 1 heterocycles. The molecule has 0 unspecified atom stereocenters. The Morgan fingerprint density at radius 2 is 1.80 bits per heavy atom. The average Bonchev–Trinajstić information content (AvgIpc) is 3.16. The van der Waals surface area contributed by atoms with E-state index in [0.29, 0.717) is 22.3 Å². The molecule has 25 heavy (non-hydrogen) atoms. The van der Waals surface area contributed by atoms with Gasteiger partial charge >= 0.3 is 0 Å². The quantitative estimate of drug-likeness (QED) is 0.814. The van der Waals surface area contributed by atoms with E-state index in [-0.39, 0.29) is 12.5 Å². The Kier molecular flexibility index (Phi) is 6.05. The lowest BCUT2D eigenvalue weighted by atomic mass is 10.2. The summed E-state index contributed by atoms with van der Waals surface area (Å²) in [5, 5.41) is 3.78. The number of rotatable bonds is 6. The largest absolute Gasteiger partial charge is 0.482 e. The van der Waals surface area contributed by atoms with Gasteiger partial charge in [0.25, 0.3) is 5.91 Å². The summed E-state index contributed by atoms with van der Waals surface area (Å²) in [6.07, 6.45) is 2.52. The lowest BCUT2D eigenvalue weighted by Gasteiger charge is -2.17. The van der Waals surface area contributed by atoms with Crippen LogP contribution in [0.4, 0.5) is 5.69 Å². The molecular weight excluding hydrogens is 359 g/mol. The van der Waals surface area contributed by atoms with Crippen molar-refractivity contribution in [1.29, 1.82) is 0 Å². The minimum Gasteiger partial charge on any atom is -0.482 e. The summed E-state index contributed by atoms with van der Waals surface area (Å²) in [5.74, 6) is 0.193. The molecule has 2 aromatic carbocycles. The highest BCUT2D eigenvalue weighted by atomic mass is 35.5. The van der Waals surface area contributed by atoms with Crippen LogP contribution in [0, 0.1) is 0 Å². The second kappa shape index (κ2) is 8.45. The van der Waals surface area contributed by atoms with E-state index in [1.54, 1.807) is 18.2 Å². The Labute approximate surface area is 157 Å². The van der Waals surface area contributed by atoms with Crippen molar-refractivity contribution in [3.05, 3.63) is 58.1 Å². The Bertz CT molecular complexity index is 729. The third-order valence-electron chi connectivity index (χ3n) is 4.15. The molecular formula is C19H20Cl2N2O2. The van der Waals surface area contributed by atoms with Gasteiger partial charge in [0.2, 0.25) is 0 Å². The van der Waals surface area contributed by atoms with Crippen LogP contribution in [0.15, 0.2) is 42.5 Å². The van der Waals surface area contributed by atoms with E-state index in [4.69, 9.17) is 27.9 Å². The van der Waals surface area contributed by atoms with Gasteiger partial charge < -0.3 is 15.0 Å². The first kappa shape index (κ1) is 17.9. The second-order valence-electron chi connectivity index (χ2n) is 6.00. The third kappa shape index (κ3) is 5.03. The fourth-order valence-electron chi connectivity index (χ4n) is 2.78. The molecule has 1 N–H and O–H groups in total. The number of hydrogen-bond donors (Lipinski definition) is 1. The minimum atomic E-state index is -0.209. The topological polar surface area (TPSA) is 41.6 Å². The first-order valence-electron chi connectivity index (χ1n) is 8.30. The predicted octanol–water partition coefficient (Wildman–Crippen LogP) is 4.29. The number of ether oxygens (including phenoxy) is 1. The highest BCUT2D eigenvalue weighted by Gasteiger charge is 2.12. The Hall–Kier alpha value is -1.91. The van der Waals surface area contributed by atoms with E-state index in [0.717, 1.165) is 18.7 Å². The van der Waals surface area contributed by atoms with E-state index in [1.807, 2.05) is 12.1 Å². The standard InChI is InChI=1S/C19H20Cl2N2O2/c20-15-5-8-17(21)18(11-15)25-13-19(24)22-12-14-3-6-16(7-4-14)23-9-1-2-10-23/h3-8,11H,1-2,9-10,12-13H2,(H,22,24). The molecule has 1 aliphatic heterocycles. The molecule has 2 aromatic rings. The normalized spacial score (nSPS) is 13.8. The Morgan fingerprint density at radius 3 is 2.52 bits per heavy atom. The van der Waals surface area contributed by atoms with Gasteiger partial charge in [0.05, 0.1) is 5.02 Å². The third-order valence-corrected chi connectivity index (χ3v) is 4.70. The number of hydrogen-bond acceptors (Lipinski definition) is 3. The van der Waals surface area contributed by atoms with Crippen molar-refractivity contribution < 1.29 is 9.53 Å². The Balaban J connectivity index is 1.46. The maximum absolute atomic E-state index is 11.9. The van der Waals surface area contributed by atoms with Gasteiger partial charge in [-0.25, -0.2) is 0 Å². The maximum atomic E-state index is 11.9. The van der Waals surface area contributed by atoms with Crippen molar-refractivity contribution in [2.75, 3.05) is 24.6 Å². The molecule has 4 nitrogen and oxygen atoms in total. The van der Waals surface area contributed by atoms with Gasteiger partial charge in [-0.3, -0.25) is 4.79 Å². The molecule has 0 aromatic heterocycles. The Morgan fingerprint density at radius 1 is 1.08 bits per heavy atom. The fourth-order valence-corrected chi connectivity index (χ4v) is 3.12. The molecule has 0 atom stereocenters. The van der Waals surface area contributed by atoms with Gasteiger partial charge in [0, 0.05) is 36.4 Å². The molecule has 1 amide bonds. The first-order chi connectivity index (χ1) is 12.1. The van der Waals surface area contributed by atoms with Crippen molar-refractivity contribution in [3.63, 3.8) is 0 Å². The number of benzene rings is 2. The van der Waals surface area contributed by atoms with Crippen molar-refractivity contribution in [2.24, 2.45) is 0 Å². The predicted molar refractivity (Wildman–Crippen MR) is 102 cm³/mol. The van der Waals surface area contributed by atoms with Gasteiger partial charge in [-0.05, 0) is 42.7 Å². The molecule has 0 radical (unpaired) electrons. The number of carbonyl (C=O) groups excluding carboxylic acids is 1. The van der Waals surface area contributed by atoms with Gasteiger partial charge in [-0.15, -0.1) is 0 Å². The minimum absolute atomic E-state index is 0.105. The van der Waals surface area contributed by atoms with Crippen LogP contribution in [0.1, 0.15) is 18.4 Å². The van der Waals surface area contributed by atoms with Crippen LogP contribution in [0.2, 0.25) is 10.0 Å². The van der Waals surface area contributed by atoms with E-state index in [9.17, 15) is 4.79 Å².